The monoisotopic (exact) mass is 334 g/mol. The molecule has 3 aromatic rings. The van der Waals surface area contributed by atoms with Gasteiger partial charge in [-0.25, -0.2) is 4.98 Å². The number of nitrogens with two attached hydrogens (primary N) is 1. The number of carbonyl (C=O) groups is 1. The van der Waals surface area contributed by atoms with E-state index in [1.165, 1.54) is 10.1 Å². The molecule has 6 heteroatoms. The number of para-hydroxylation sites is 2. The fourth-order valence-corrected chi connectivity index (χ4v) is 3.40. The number of primary amides is 1. The topological polar surface area (TPSA) is 81.2 Å². The van der Waals surface area contributed by atoms with Crippen LogP contribution < -0.4 is 16.2 Å². The molecular formula is C19H18N4O2. The van der Waals surface area contributed by atoms with Crippen LogP contribution in [0.4, 0.5) is 5.69 Å². The highest BCUT2D eigenvalue weighted by atomic mass is 16.2. The summed E-state index contributed by atoms with van der Waals surface area (Å²) in [7, 11) is 0. The van der Waals surface area contributed by atoms with Gasteiger partial charge in [0.1, 0.15) is 12.4 Å². The van der Waals surface area contributed by atoms with Crippen LogP contribution in [-0.4, -0.2) is 22.0 Å². The Kier molecular flexibility index (Phi) is 3.72. The maximum absolute atomic E-state index is 12.8. The van der Waals surface area contributed by atoms with Gasteiger partial charge in [-0.05, 0) is 30.2 Å². The first kappa shape index (κ1) is 15.4. The SMILES string of the molecule is NC(=O)Cn1c(CN2CCc3ccccc32)nc2ccccc2c1=O. The zero-order chi connectivity index (χ0) is 17.4. The fourth-order valence-electron chi connectivity index (χ4n) is 3.40. The molecule has 4 rings (SSSR count). The van der Waals surface area contributed by atoms with Gasteiger partial charge < -0.3 is 10.6 Å². The summed E-state index contributed by atoms with van der Waals surface area (Å²) in [5, 5.41) is 0.495. The number of hydrogen-bond donors (Lipinski definition) is 1. The second-order valence-corrected chi connectivity index (χ2v) is 6.20. The maximum Gasteiger partial charge on any atom is 0.261 e. The summed E-state index contributed by atoms with van der Waals surface area (Å²) < 4.78 is 1.39. The van der Waals surface area contributed by atoms with E-state index in [-0.39, 0.29) is 12.1 Å². The zero-order valence-electron chi connectivity index (χ0n) is 13.7. The van der Waals surface area contributed by atoms with E-state index in [0.29, 0.717) is 23.3 Å². The third-order valence-electron chi connectivity index (χ3n) is 4.57. The number of rotatable bonds is 4. The fraction of sp³-hybridized carbons (Fsp3) is 0.211. The highest BCUT2D eigenvalue weighted by molar-refractivity contribution is 5.78. The van der Waals surface area contributed by atoms with Crippen LogP contribution in [0.2, 0.25) is 0 Å². The number of benzene rings is 2. The lowest BCUT2D eigenvalue weighted by Crippen LogP contribution is -2.34. The standard InChI is InChI=1S/C19H18N4O2/c20-17(24)11-23-18(21-15-7-3-2-6-14(15)19(23)25)12-22-10-9-13-5-1-4-8-16(13)22/h1-8H,9-12H2,(H2,20,24). The predicted octanol–water partition coefficient (Wildman–Crippen LogP) is 1.44. The van der Waals surface area contributed by atoms with Crippen LogP contribution in [0.15, 0.2) is 53.3 Å². The molecule has 2 heterocycles. The van der Waals surface area contributed by atoms with E-state index >= 15 is 0 Å². The normalized spacial score (nSPS) is 13.2. The largest absolute Gasteiger partial charge is 0.368 e. The zero-order valence-corrected chi connectivity index (χ0v) is 13.7. The lowest BCUT2D eigenvalue weighted by molar-refractivity contribution is -0.118. The minimum atomic E-state index is -0.553. The van der Waals surface area contributed by atoms with Crippen molar-refractivity contribution in [2.45, 2.75) is 19.5 Å². The number of anilines is 1. The van der Waals surface area contributed by atoms with Gasteiger partial charge in [0.05, 0.1) is 17.4 Å². The average Bonchev–Trinajstić information content (AvgIpc) is 3.01. The smallest absolute Gasteiger partial charge is 0.261 e. The molecular weight excluding hydrogens is 316 g/mol. The minimum Gasteiger partial charge on any atom is -0.368 e. The minimum absolute atomic E-state index is 0.165. The third-order valence-corrected chi connectivity index (χ3v) is 4.57. The molecule has 0 unspecified atom stereocenters. The molecule has 1 aliphatic rings. The van der Waals surface area contributed by atoms with Crippen LogP contribution in [-0.2, 0) is 24.3 Å². The van der Waals surface area contributed by atoms with Gasteiger partial charge >= 0.3 is 0 Å². The lowest BCUT2D eigenvalue weighted by atomic mass is 10.2. The Morgan fingerprint density at radius 3 is 2.72 bits per heavy atom. The number of fused-ring (bicyclic) bond motifs is 2. The van der Waals surface area contributed by atoms with E-state index in [1.54, 1.807) is 12.1 Å². The van der Waals surface area contributed by atoms with Gasteiger partial charge in [0.25, 0.3) is 5.56 Å². The Balaban J connectivity index is 1.81. The molecule has 6 nitrogen and oxygen atoms in total. The molecule has 2 N–H and O–H groups in total. The molecule has 0 aliphatic carbocycles. The van der Waals surface area contributed by atoms with Crippen molar-refractivity contribution in [1.82, 2.24) is 9.55 Å². The summed E-state index contributed by atoms with van der Waals surface area (Å²) in [6, 6.07) is 15.4. The molecule has 0 saturated carbocycles. The van der Waals surface area contributed by atoms with Gasteiger partial charge in [-0.2, -0.15) is 0 Å². The molecule has 1 aliphatic heterocycles. The molecule has 0 atom stereocenters. The second kappa shape index (κ2) is 6.05. The number of amides is 1. The van der Waals surface area contributed by atoms with E-state index < -0.39 is 5.91 Å². The van der Waals surface area contributed by atoms with E-state index in [0.717, 1.165) is 18.7 Å². The van der Waals surface area contributed by atoms with Crippen molar-refractivity contribution in [3.63, 3.8) is 0 Å². The highest BCUT2D eigenvalue weighted by Gasteiger charge is 2.21. The molecule has 0 spiro atoms. The molecule has 0 saturated heterocycles. The van der Waals surface area contributed by atoms with Crippen LogP contribution in [0.3, 0.4) is 0 Å². The van der Waals surface area contributed by atoms with E-state index in [1.807, 2.05) is 24.3 Å². The van der Waals surface area contributed by atoms with E-state index in [4.69, 9.17) is 5.73 Å². The first-order valence-electron chi connectivity index (χ1n) is 8.23. The van der Waals surface area contributed by atoms with Crippen molar-refractivity contribution in [1.29, 1.82) is 0 Å². The first-order valence-corrected chi connectivity index (χ1v) is 8.23. The van der Waals surface area contributed by atoms with Gasteiger partial charge in [-0.15, -0.1) is 0 Å². The molecule has 0 radical (unpaired) electrons. The van der Waals surface area contributed by atoms with Crippen molar-refractivity contribution < 1.29 is 4.79 Å². The van der Waals surface area contributed by atoms with Crippen molar-refractivity contribution in [2.75, 3.05) is 11.4 Å². The summed E-state index contributed by atoms with van der Waals surface area (Å²) in [6.07, 6.45) is 0.962. The lowest BCUT2D eigenvalue weighted by Gasteiger charge is -2.21. The van der Waals surface area contributed by atoms with E-state index in [2.05, 4.69) is 22.0 Å². The second-order valence-electron chi connectivity index (χ2n) is 6.20. The molecule has 0 bridgehead atoms. The summed E-state index contributed by atoms with van der Waals surface area (Å²) in [5.41, 5.74) is 8.19. The third kappa shape index (κ3) is 2.76. The predicted molar refractivity (Wildman–Crippen MR) is 96.4 cm³/mol. The average molecular weight is 334 g/mol. The number of hydrogen-bond acceptors (Lipinski definition) is 4. The molecule has 25 heavy (non-hydrogen) atoms. The Labute approximate surface area is 144 Å². The van der Waals surface area contributed by atoms with Gasteiger partial charge in [0.15, 0.2) is 0 Å². The molecule has 0 fully saturated rings. The Hall–Kier alpha value is -3.15. The molecule has 1 amide bonds. The quantitative estimate of drug-likeness (QED) is 0.783. The number of nitrogens with zero attached hydrogens (tertiary/aromatic N) is 3. The van der Waals surface area contributed by atoms with Crippen molar-refractivity contribution in [3.05, 3.63) is 70.3 Å². The Morgan fingerprint density at radius 2 is 1.88 bits per heavy atom. The Bertz CT molecular complexity index is 1030. The van der Waals surface area contributed by atoms with Crippen LogP contribution in [0.25, 0.3) is 10.9 Å². The number of carbonyl (C=O) groups excluding carboxylic acids is 1. The van der Waals surface area contributed by atoms with Gasteiger partial charge in [0.2, 0.25) is 5.91 Å². The maximum atomic E-state index is 12.8. The van der Waals surface area contributed by atoms with Crippen LogP contribution in [0, 0.1) is 0 Å². The summed E-state index contributed by atoms with van der Waals surface area (Å²) in [6.45, 7) is 1.16. The van der Waals surface area contributed by atoms with E-state index in [9.17, 15) is 9.59 Å². The summed E-state index contributed by atoms with van der Waals surface area (Å²) in [4.78, 5) is 31.1. The Morgan fingerprint density at radius 1 is 1.12 bits per heavy atom. The number of aromatic nitrogens is 2. The van der Waals surface area contributed by atoms with Crippen molar-refractivity contribution in [3.8, 4) is 0 Å². The first-order chi connectivity index (χ1) is 12.1. The molecule has 126 valence electrons. The van der Waals surface area contributed by atoms with Gasteiger partial charge in [0, 0.05) is 12.2 Å². The molecule has 1 aromatic heterocycles. The summed E-state index contributed by atoms with van der Waals surface area (Å²) in [5.74, 6) is 0.00135. The van der Waals surface area contributed by atoms with Gasteiger partial charge in [-0.3, -0.25) is 14.2 Å². The van der Waals surface area contributed by atoms with Crippen LogP contribution in [0.5, 0.6) is 0 Å². The van der Waals surface area contributed by atoms with Crippen molar-refractivity contribution >= 4 is 22.5 Å². The molecule has 2 aromatic carbocycles. The summed E-state index contributed by atoms with van der Waals surface area (Å²) >= 11 is 0. The van der Waals surface area contributed by atoms with Crippen LogP contribution >= 0.6 is 0 Å². The van der Waals surface area contributed by atoms with Gasteiger partial charge in [-0.1, -0.05) is 30.3 Å². The van der Waals surface area contributed by atoms with Crippen LogP contribution in [0.1, 0.15) is 11.4 Å². The van der Waals surface area contributed by atoms with Crippen molar-refractivity contribution in [2.24, 2.45) is 5.73 Å². The highest BCUT2D eigenvalue weighted by Crippen LogP contribution is 2.28.